The highest BCUT2D eigenvalue weighted by Crippen LogP contribution is 2.36. The second-order valence-corrected chi connectivity index (χ2v) is 6.65. The molecule has 0 amide bonds. The number of piperidine rings is 1. The number of ether oxygens (including phenoxy) is 2. The van der Waals surface area contributed by atoms with E-state index in [0.717, 1.165) is 0 Å². The zero-order chi connectivity index (χ0) is 25.2. The third-order valence-electron chi connectivity index (χ3n) is 4.84. The van der Waals surface area contributed by atoms with E-state index in [9.17, 15) is 4.79 Å². The van der Waals surface area contributed by atoms with Gasteiger partial charge in [0.05, 0.1) is 2.74 Å². The van der Waals surface area contributed by atoms with Crippen LogP contribution in [0.25, 0.3) is 0 Å². The van der Waals surface area contributed by atoms with Crippen molar-refractivity contribution in [1.82, 2.24) is 4.90 Å². The molecular formula is C23H29NO3. The molecule has 0 N–H and O–H groups in total. The lowest BCUT2D eigenvalue weighted by molar-refractivity contribution is -0.176. The molecule has 0 saturated carbocycles. The Kier molecular flexibility index (Phi) is 4.18. The van der Waals surface area contributed by atoms with Gasteiger partial charge in [0.2, 0.25) is 5.60 Å². The molecule has 1 saturated heterocycles. The molecule has 0 atom stereocenters. The van der Waals surface area contributed by atoms with E-state index in [1.165, 1.54) is 0 Å². The maximum atomic E-state index is 13.9. The van der Waals surface area contributed by atoms with E-state index in [2.05, 4.69) is 4.90 Å². The number of hydrogen-bond acceptors (Lipinski definition) is 4. The molecule has 1 heterocycles. The maximum Gasteiger partial charge on any atom is 0.348 e. The minimum atomic E-state index is -3.43. The van der Waals surface area contributed by atoms with Gasteiger partial charge in [-0.1, -0.05) is 67.5 Å². The predicted molar refractivity (Wildman–Crippen MR) is 107 cm³/mol. The summed E-state index contributed by atoms with van der Waals surface area (Å²) in [6, 6.07) is 16.1. The van der Waals surface area contributed by atoms with E-state index < -0.39 is 37.5 Å². The van der Waals surface area contributed by atoms with Crippen LogP contribution in [0.1, 0.15) is 46.8 Å². The highest BCUT2D eigenvalue weighted by Gasteiger charge is 2.46. The second-order valence-electron chi connectivity index (χ2n) is 6.65. The Morgan fingerprint density at radius 3 is 2.19 bits per heavy atom. The fraction of sp³-hybridized carbons (Fsp3) is 0.435. The summed E-state index contributed by atoms with van der Waals surface area (Å²) in [5.74, 6) is -0.926. The molecule has 2 aromatic rings. The molecule has 0 aromatic heterocycles. The van der Waals surface area contributed by atoms with Crippen LogP contribution in [0.3, 0.4) is 0 Å². The van der Waals surface area contributed by atoms with Crippen LogP contribution in [-0.4, -0.2) is 43.7 Å². The van der Waals surface area contributed by atoms with Crippen LogP contribution in [0.4, 0.5) is 0 Å². The molecule has 27 heavy (non-hydrogen) atoms. The monoisotopic (exact) mass is 374 g/mol. The van der Waals surface area contributed by atoms with Gasteiger partial charge in [-0.2, -0.15) is 0 Å². The van der Waals surface area contributed by atoms with Crippen molar-refractivity contribution in [3.63, 3.8) is 0 Å². The average molecular weight is 375 g/mol. The number of benzene rings is 2. The number of nitrogens with zero attached hydrogens (tertiary/aromatic N) is 1. The Balaban J connectivity index is 2.16. The van der Waals surface area contributed by atoms with Crippen LogP contribution < -0.4 is 0 Å². The number of carbonyl (C=O) groups is 1. The van der Waals surface area contributed by atoms with Crippen molar-refractivity contribution in [3.05, 3.63) is 71.8 Å². The summed E-state index contributed by atoms with van der Waals surface area (Å²) >= 11 is 0. The lowest BCUT2D eigenvalue weighted by atomic mass is 9.85. The first-order valence-electron chi connectivity index (χ1n) is 12.5. The molecule has 2 aromatic carbocycles. The average Bonchev–Trinajstić information content (AvgIpc) is 2.79. The minimum absolute atomic E-state index is 0.198. The molecular weight excluding hydrogens is 338 g/mol. The van der Waals surface area contributed by atoms with Crippen molar-refractivity contribution in [2.45, 2.75) is 37.8 Å². The van der Waals surface area contributed by atoms with E-state index in [4.69, 9.17) is 19.1 Å². The SMILES string of the molecule is [2H]C([2H])([2H])C([2H])([2H])C([2H])([2H])OC(C(=O)OC1CCN(C)CC1)(c1ccccc1)c1ccccc1. The van der Waals surface area contributed by atoms with Crippen molar-refractivity contribution in [1.29, 1.82) is 0 Å². The largest absolute Gasteiger partial charge is 0.460 e. The maximum absolute atomic E-state index is 13.9. The lowest BCUT2D eigenvalue weighted by Gasteiger charge is -2.36. The molecule has 1 aliphatic heterocycles. The first kappa shape index (κ1) is 12.3. The fourth-order valence-electron chi connectivity index (χ4n) is 3.35. The lowest BCUT2D eigenvalue weighted by Crippen LogP contribution is -2.45. The smallest absolute Gasteiger partial charge is 0.348 e. The second kappa shape index (κ2) is 9.16. The van der Waals surface area contributed by atoms with Gasteiger partial charge in [0, 0.05) is 26.5 Å². The van der Waals surface area contributed by atoms with Crippen LogP contribution in [0, 0.1) is 0 Å². The van der Waals surface area contributed by atoms with Crippen molar-refractivity contribution in [2.75, 3.05) is 26.7 Å². The van der Waals surface area contributed by atoms with Gasteiger partial charge < -0.3 is 14.4 Å². The molecule has 0 aliphatic carbocycles. The summed E-state index contributed by atoms with van der Waals surface area (Å²) in [5, 5.41) is 0. The Morgan fingerprint density at radius 1 is 1.11 bits per heavy atom. The van der Waals surface area contributed by atoms with E-state index in [-0.39, 0.29) is 11.1 Å². The number of rotatable bonds is 7. The van der Waals surface area contributed by atoms with Crippen molar-refractivity contribution >= 4 is 5.97 Å². The highest BCUT2D eigenvalue weighted by molar-refractivity contribution is 5.86. The van der Waals surface area contributed by atoms with Gasteiger partial charge in [-0.15, -0.1) is 0 Å². The number of likely N-dealkylation sites (tertiary alicyclic amines) is 1. The fourth-order valence-corrected chi connectivity index (χ4v) is 3.35. The highest BCUT2D eigenvalue weighted by atomic mass is 16.6. The number of esters is 1. The Labute approximate surface area is 171 Å². The molecule has 4 nitrogen and oxygen atoms in total. The van der Waals surface area contributed by atoms with E-state index >= 15 is 0 Å². The van der Waals surface area contributed by atoms with Crippen LogP contribution >= 0.6 is 0 Å². The summed E-state index contributed by atoms with van der Waals surface area (Å²) in [4.78, 5) is 16.0. The molecule has 1 fully saturated rings. The molecule has 0 unspecified atom stereocenters. The van der Waals surface area contributed by atoms with E-state index in [1.54, 1.807) is 60.7 Å². The van der Waals surface area contributed by atoms with Gasteiger partial charge in [0.1, 0.15) is 6.10 Å². The molecule has 144 valence electrons. The quantitative estimate of drug-likeness (QED) is 0.687. The molecule has 0 bridgehead atoms. The standard InChI is InChI=1S/C23H29NO3/c1-3-18-26-23(19-10-6-4-7-11-19,20-12-8-5-9-13-20)22(25)27-21-14-16-24(2)17-15-21/h4-13,21H,3,14-18H2,1-2H3/i1D3,3D2,18D2. The van der Waals surface area contributed by atoms with Crippen molar-refractivity contribution in [3.8, 4) is 0 Å². The van der Waals surface area contributed by atoms with E-state index in [0.29, 0.717) is 25.9 Å². The van der Waals surface area contributed by atoms with Crippen LogP contribution in [0.5, 0.6) is 0 Å². The molecule has 0 radical (unpaired) electrons. The van der Waals surface area contributed by atoms with Crippen LogP contribution in [0.15, 0.2) is 60.7 Å². The topological polar surface area (TPSA) is 38.8 Å². The van der Waals surface area contributed by atoms with Gasteiger partial charge in [-0.05, 0) is 37.4 Å². The summed E-state index contributed by atoms with van der Waals surface area (Å²) in [6.45, 7) is -5.32. The van der Waals surface area contributed by atoms with E-state index in [1.807, 2.05) is 7.05 Å². The molecule has 3 rings (SSSR count). The summed E-state index contributed by atoms with van der Waals surface area (Å²) in [7, 11) is 1.96. The van der Waals surface area contributed by atoms with Gasteiger partial charge in [0.25, 0.3) is 0 Å². The number of carbonyl (C=O) groups excluding carboxylic acids is 1. The first-order valence-corrected chi connectivity index (χ1v) is 9.02. The minimum Gasteiger partial charge on any atom is -0.460 e. The third kappa shape index (κ3) is 4.40. The van der Waals surface area contributed by atoms with Gasteiger partial charge in [-0.3, -0.25) is 0 Å². The third-order valence-corrected chi connectivity index (χ3v) is 4.84. The summed E-state index contributed by atoms with van der Waals surface area (Å²) < 4.78 is 67.1. The van der Waals surface area contributed by atoms with Crippen LogP contribution in [-0.2, 0) is 19.9 Å². The molecule has 0 spiro atoms. The van der Waals surface area contributed by atoms with Gasteiger partial charge >= 0.3 is 5.97 Å². The van der Waals surface area contributed by atoms with Crippen molar-refractivity contribution < 1.29 is 23.9 Å². The number of hydrogen-bond donors (Lipinski definition) is 0. The summed E-state index contributed by atoms with van der Waals surface area (Å²) in [6.07, 6.45) is -2.72. The zero-order valence-electron chi connectivity index (χ0n) is 22.4. The van der Waals surface area contributed by atoms with Crippen LogP contribution in [0.2, 0.25) is 0 Å². The zero-order valence-corrected chi connectivity index (χ0v) is 15.4. The van der Waals surface area contributed by atoms with Gasteiger partial charge in [0.15, 0.2) is 0 Å². The molecule has 1 aliphatic rings. The van der Waals surface area contributed by atoms with Crippen molar-refractivity contribution in [2.24, 2.45) is 0 Å². The Hall–Kier alpha value is -2.17. The molecule has 4 heteroatoms. The predicted octanol–water partition coefficient (Wildman–Crippen LogP) is 3.99. The normalized spacial score (nSPS) is 21.6. The Morgan fingerprint density at radius 2 is 1.67 bits per heavy atom. The Bertz CT molecular complexity index is 920. The van der Waals surface area contributed by atoms with Gasteiger partial charge in [-0.25, -0.2) is 4.79 Å². The first-order chi connectivity index (χ1) is 15.8. The summed E-state index contributed by atoms with van der Waals surface area (Å²) in [5.41, 5.74) is -1.85.